The molecule has 23 heavy (non-hydrogen) atoms. The van der Waals surface area contributed by atoms with Crippen molar-refractivity contribution in [2.45, 2.75) is 77.6 Å². The molecular formula is C19H42NO3+. The molecule has 3 N–H and O–H groups in total. The third-order valence-corrected chi connectivity index (χ3v) is 4.93. The van der Waals surface area contributed by atoms with Crippen LogP contribution in [-0.4, -0.2) is 65.8 Å². The smallest absolute Gasteiger partial charge is 0.102 e. The molecule has 0 aliphatic rings. The van der Waals surface area contributed by atoms with Gasteiger partial charge in [0.15, 0.2) is 0 Å². The molecule has 0 aromatic carbocycles. The summed E-state index contributed by atoms with van der Waals surface area (Å²) in [6, 6.07) is 0. The zero-order valence-electron chi connectivity index (χ0n) is 15.5. The van der Waals surface area contributed by atoms with Gasteiger partial charge >= 0.3 is 0 Å². The highest BCUT2D eigenvalue weighted by Crippen LogP contribution is 2.14. The first-order valence-electron chi connectivity index (χ1n) is 9.92. The van der Waals surface area contributed by atoms with E-state index in [1.165, 1.54) is 57.8 Å². The van der Waals surface area contributed by atoms with Gasteiger partial charge in [-0.3, -0.25) is 0 Å². The lowest BCUT2D eigenvalue weighted by atomic mass is 10.1. The maximum Gasteiger partial charge on any atom is 0.102 e. The molecule has 0 aliphatic carbocycles. The third-order valence-electron chi connectivity index (χ3n) is 4.93. The van der Waals surface area contributed by atoms with Gasteiger partial charge in [0.1, 0.15) is 13.1 Å². The maximum atomic E-state index is 9.33. The van der Waals surface area contributed by atoms with Crippen LogP contribution in [0.3, 0.4) is 0 Å². The number of unbranched alkanes of at least 4 members (excludes halogenated alkanes) is 9. The first-order chi connectivity index (χ1) is 11.2. The molecule has 0 aliphatic heterocycles. The Morgan fingerprint density at radius 1 is 0.478 bits per heavy atom. The highest BCUT2D eigenvalue weighted by Gasteiger charge is 2.25. The van der Waals surface area contributed by atoms with E-state index in [0.717, 1.165) is 30.4 Å². The molecule has 0 aromatic heterocycles. The highest BCUT2D eigenvalue weighted by molar-refractivity contribution is 4.51. The van der Waals surface area contributed by atoms with Crippen LogP contribution in [0.2, 0.25) is 0 Å². The molecule has 0 amide bonds. The van der Waals surface area contributed by atoms with E-state index in [2.05, 4.69) is 6.92 Å². The molecule has 0 heterocycles. The van der Waals surface area contributed by atoms with Crippen LogP contribution in [-0.2, 0) is 0 Å². The summed E-state index contributed by atoms with van der Waals surface area (Å²) in [7, 11) is 0. The summed E-state index contributed by atoms with van der Waals surface area (Å²) in [5, 5.41) is 27.7. The summed E-state index contributed by atoms with van der Waals surface area (Å²) in [4.78, 5) is 0. The number of aliphatic hydroxyl groups excluding tert-OH is 3. The van der Waals surface area contributed by atoms with Gasteiger partial charge in [-0.05, 0) is 12.8 Å². The summed E-state index contributed by atoms with van der Waals surface area (Å²) in [5.41, 5.74) is 0. The minimum Gasteiger partial charge on any atom is -0.396 e. The minimum atomic E-state index is 0.156. The number of hydrogen-bond donors (Lipinski definition) is 3. The second kappa shape index (κ2) is 16.7. The Morgan fingerprint density at radius 3 is 1.35 bits per heavy atom. The number of nitrogens with zero attached hydrogens (tertiary/aromatic N) is 1. The highest BCUT2D eigenvalue weighted by atomic mass is 16.3. The molecule has 0 fully saturated rings. The molecule has 0 atom stereocenters. The van der Waals surface area contributed by atoms with Gasteiger partial charge in [0.25, 0.3) is 0 Å². The van der Waals surface area contributed by atoms with Crippen LogP contribution < -0.4 is 0 Å². The van der Waals surface area contributed by atoms with Gasteiger partial charge in [-0.25, -0.2) is 0 Å². The molecular weight excluding hydrogens is 290 g/mol. The van der Waals surface area contributed by atoms with Gasteiger partial charge in [0.2, 0.25) is 0 Å². The molecule has 0 spiro atoms. The van der Waals surface area contributed by atoms with E-state index in [1.54, 1.807) is 0 Å². The lowest BCUT2D eigenvalue weighted by Gasteiger charge is -2.38. The van der Waals surface area contributed by atoms with Crippen molar-refractivity contribution in [2.24, 2.45) is 0 Å². The van der Waals surface area contributed by atoms with Crippen molar-refractivity contribution >= 4 is 0 Å². The van der Waals surface area contributed by atoms with Crippen LogP contribution in [0.1, 0.15) is 77.6 Å². The van der Waals surface area contributed by atoms with E-state index in [0.29, 0.717) is 13.1 Å². The van der Waals surface area contributed by atoms with Crippen molar-refractivity contribution in [2.75, 3.05) is 46.0 Å². The fourth-order valence-corrected chi connectivity index (χ4v) is 3.44. The molecule has 0 rings (SSSR count). The van der Waals surface area contributed by atoms with E-state index in [-0.39, 0.29) is 19.8 Å². The first-order valence-corrected chi connectivity index (χ1v) is 9.92. The van der Waals surface area contributed by atoms with E-state index < -0.39 is 0 Å². The van der Waals surface area contributed by atoms with Gasteiger partial charge < -0.3 is 19.8 Å². The van der Waals surface area contributed by atoms with Crippen molar-refractivity contribution in [3.05, 3.63) is 0 Å². The summed E-state index contributed by atoms with van der Waals surface area (Å²) >= 11 is 0. The quantitative estimate of drug-likeness (QED) is 0.267. The number of hydrogen-bond acceptors (Lipinski definition) is 3. The van der Waals surface area contributed by atoms with Crippen molar-refractivity contribution in [3.63, 3.8) is 0 Å². The standard InChI is InChI=1S/C19H42NO3/c1-2-3-4-5-6-7-8-9-10-11-13-20(15-18-22,16-19-23)14-12-17-21/h21-23H,2-19H2,1H3/q+1. The van der Waals surface area contributed by atoms with E-state index >= 15 is 0 Å². The molecule has 0 saturated heterocycles. The first kappa shape index (κ1) is 22.8. The molecule has 0 saturated carbocycles. The van der Waals surface area contributed by atoms with E-state index in [1.807, 2.05) is 0 Å². The molecule has 0 aromatic rings. The van der Waals surface area contributed by atoms with Crippen LogP contribution >= 0.6 is 0 Å². The second-order valence-electron chi connectivity index (χ2n) is 6.94. The Balaban J connectivity index is 3.80. The van der Waals surface area contributed by atoms with Crippen molar-refractivity contribution in [1.29, 1.82) is 0 Å². The second-order valence-corrected chi connectivity index (χ2v) is 6.94. The van der Waals surface area contributed by atoms with Crippen LogP contribution in [0.5, 0.6) is 0 Å². The van der Waals surface area contributed by atoms with Gasteiger partial charge in [0, 0.05) is 13.0 Å². The molecule has 0 bridgehead atoms. The SMILES string of the molecule is CCCCCCCCCCCC[N+](CCO)(CCO)CCCO. The zero-order valence-corrected chi connectivity index (χ0v) is 15.5. The largest absolute Gasteiger partial charge is 0.396 e. The molecule has 0 unspecified atom stereocenters. The lowest BCUT2D eigenvalue weighted by Crippen LogP contribution is -2.53. The van der Waals surface area contributed by atoms with Crippen LogP contribution in [0, 0.1) is 0 Å². The third kappa shape index (κ3) is 12.9. The minimum absolute atomic E-state index is 0.156. The van der Waals surface area contributed by atoms with E-state index in [9.17, 15) is 10.2 Å². The summed E-state index contributed by atoms with van der Waals surface area (Å²) < 4.78 is 0.755. The van der Waals surface area contributed by atoms with Gasteiger partial charge in [0.05, 0.1) is 26.3 Å². The monoisotopic (exact) mass is 332 g/mol. The van der Waals surface area contributed by atoms with Crippen LogP contribution in [0.4, 0.5) is 0 Å². The normalized spacial score (nSPS) is 12.0. The average molecular weight is 333 g/mol. The van der Waals surface area contributed by atoms with Crippen molar-refractivity contribution < 1.29 is 19.8 Å². The van der Waals surface area contributed by atoms with E-state index in [4.69, 9.17) is 5.11 Å². The topological polar surface area (TPSA) is 60.7 Å². The fraction of sp³-hybridized carbons (Fsp3) is 1.00. The number of quaternary nitrogens is 1. The predicted octanol–water partition coefficient (Wildman–Crippen LogP) is 3.09. The van der Waals surface area contributed by atoms with Crippen LogP contribution in [0.25, 0.3) is 0 Å². The van der Waals surface area contributed by atoms with Crippen molar-refractivity contribution in [1.82, 2.24) is 0 Å². The number of aliphatic hydroxyl groups is 3. The number of rotatable bonds is 18. The Labute approximate surface area is 144 Å². The summed E-state index contributed by atoms with van der Waals surface area (Å²) in [6.07, 6.45) is 14.0. The van der Waals surface area contributed by atoms with Gasteiger partial charge in [-0.2, -0.15) is 0 Å². The summed E-state index contributed by atoms with van der Waals surface area (Å²) in [5.74, 6) is 0. The fourth-order valence-electron chi connectivity index (χ4n) is 3.44. The molecule has 4 nitrogen and oxygen atoms in total. The molecule has 140 valence electrons. The van der Waals surface area contributed by atoms with Crippen molar-refractivity contribution in [3.8, 4) is 0 Å². The Morgan fingerprint density at radius 2 is 0.913 bits per heavy atom. The zero-order chi connectivity index (χ0) is 17.2. The Hall–Kier alpha value is -0.160. The molecule has 4 heteroatoms. The van der Waals surface area contributed by atoms with Gasteiger partial charge in [-0.15, -0.1) is 0 Å². The lowest BCUT2D eigenvalue weighted by molar-refractivity contribution is -0.929. The average Bonchev–Trinajstić information content (AvgIpc) is 2.55. The maximum absolute atomic E-state index is 9.33. The molecule has 0 radical (unpaired) electrons. The van der Waals surface area contributed by atoms with Crippen LogP contribution in [0.15, 0.2) is 0 Å². The Kier molecular flexibility index (Phi) is 16.6. The van der Waals surface area contributed by atoms with Gasteiger partial charge in [-0.1, -0.05) is 58.3 Å². The summed E-state index contributed by atoms with van der Waals surface area (Å²) in [6.45, 7) is 6.01. The Bertz CT molecular complexity index is 231. The predicted molar refractivity (Wildman–Crippen MR) is 97.4 cm³/mol.